The van der Waals surface area contributed by atoms with E-state index in [-0.39, 0.29) is 47.5 Å². The molecule has 1 fully saturated rings. The van der Waals surface area contributed by atoms with E-state index in [1.165, 1.54) is 19.6 Å². The Labute approximate surface area is 243 Å². The van der Waals surface area contributed by atoms with Crippen LogP contribution in [0.1, 0.15) is 92.1 Å². The zero-order valence-electron chi connectivity index (χ0n) is 25.4. The second-order valence-corrected chi connectivity index (χ2v) is 12.8. The quantitative estimate of drug-likeness (QED) is 0.250. The van der Waals surface area contributed by atoms with Gasteiger partial charge in [-0.25, -0.2) is 4.79 Å². The lowest BCUT2D eigenvalue weighted by molar-refractivity contribution is -0.464. The number of quaternary nitrogens is 1. The number of hydrogen-bond donors (Lipinski definition) is 2. The van der Waals surface area contributed by atoms with Crippen LogP contribution in [0.3, 0.4) is 0 Å². The number of nitrogens with one attached hydrogen (secondary N) is 1. The van der Waals surface area contributed by atoms with Gasteiger partial charge in [0.15, 0.2) is 17.0 Å². The molecule has 0 bridgehead atoms. The highest BCUT2D eigenvalue weighted by atomic mass is 35.5. The minimum Gasteiger partial charge on any atom is -0.467 e. The van der Waals surface area contributed by atoms with Gasteiger partial charge >= 0.3 is 17.9 Å². The van der Waals surface area contributed by atoms with Crippen molar-refractivity contribution in [3.8, 4) is 11.5 Å². The fourth-order valence-electron chi connectivity index (χ4n) is 4.37. The van der Waals surface area contributed by atoms with E-state index < -0.39 is 29.5 Å². The first kappa shape index (κ1) is 35.4. The number of benzene rings is 1. The van der Waals surface area contributed by atoms with Gasteiger partial charge in [0.2, 0.25) is 0 Å². The number of alkyl halides is 1. The van der Waals surface area contributed by atoms with E-state index in [0.29, 0.717) is 18.4 Å². The van der Waals surface area contributed by atoms with Crippen molar-refractivity contribution in [1.29, 1.82) is 0 Å². The molecule has 0 heterocycles. The molecule has 1 atom stereocenters. The van der Waals surface area contributed by atoms with Crippen LogP contribution in [-0.4, -0.2) is 48.9 Å². The Balaban J connectivity index is 0.00000391. The topological polar surface area (TPSA) is 136 Å². The zero-order valence-corrected chi connectivity index (χ0v) is 26.2. The number of methoxy groups -OCH3 is 1. The summed E-state index contributed by atoms with van der Waals surface area (Å²) in [6.45, 7) is 11.5. The fourth-order valence-corrected chi connectivity index (χ4v) is 4.37. The lowest BCUT2D eigenvalue weighted by Crippen LogP contribution is -2.79. The number of carbonyl (C=O) groups excluding carboxylic acids is 4. The van der Waals surface area contributed by atoms with E-state index in [2.05, 4.69) is 22.7 Å². The van der Waals surface area contributed by atoms with Crippen molar-refractivity contribution in [2.24, 2.45) is 10.8 Å². The van der Waals surface area contributed by atoms with Gasteiger partial charge in [0.25, 0.3) is 5.91 Å². The van der Waals surface area contributed by atoms with Crippen LogP contribution in [0.5, 0.6) is 11.5 Å². The molecule has 9 nitrogen and oxygen atoms in total. The molecule has 0 saturated heterocycles. The molecule has 1 aliphatic rings. The van der Waals surface area contributed by atoms with Crippen LogP contribution in [0.2, 0.25) is 0 Å². The summed E-state index contributed by atoms with van der Waals surface area (Å²) in [7, 11) is 1.26. The number of rotatable bonds is 9. The molecule has 0 spiro atoms. The zero-order chi connectivity index (χ0) is 30.7. The van der Waals surface area contributed by atoms with Crippen LogP contribution in [-0.2, 0) is 30.3 Å². The summed E-state index contributed by atoms with van der Waals surface area (Å²) in [6.07, 6.45) is 6.11. The highest BCUT2D eigenvalue weighted by molar-refractivity contribution is 6.15. The molecule has 0 aromatic heterocycles. The lowest BCUT2D eigenvalue weighted by Gasteiger charge is -2.30. The van der Waals surface area contributed by atoms with Crippen molar-refractivity contribution in [1.82, 2.24) is 5.32 Å². The minimum atomic E-state index is -0.958. The molecule has 1 unspecified atom stereocenters. The summed E-state index contributed by atoms with van der Waals surface area (Å²) < 4.78 is 16.1. The SMILES string of the molecule is CCl.COC(=O)C(Cc1ccc(OC(=O)CC(C)(C)C)c(OC(=O)CC(C)(C)C)c1)NC(=O)C1([NH3+])CCCCC1. The van der Waals surface area contributed by atoms with Gasteiger partial charge in [0.1, 0.15) is 6.04 Å². The monoisotopic (exact) mass is 583 g/mol. The Morgan fingerprint density at radius 3 is 1.88 bits per heavy atom. The fraction of sp³-hybridized carbons (Fsp3) is 0.667. The molecule has 1 aliphatic carbocycles. The van der Waals surface area contributed by atoms with E-state index in [1.54, 1.807) is 12.1 Å². The molecule has 1 aromatic rings. The Hall–Kier alpha value is -2.65. The first-order valence-electron chi connectivity index (χ1n) is 13.7. The predicted molar refractivity (Wildman–Crippen MR) is 154 cm³/mol. The largest absolute Gasteiger partial charge is 0.467 e. The van der Waals surface area contributed by atoms with E-state index >= 15 is 0 Å². The molecule has 1 amide bonds. The van der Waals surface area contributed by atoms with Crippen LogP contribution in [0.4, 0.5) is 0 Å². The predicted octanol–water partition coefficient (Wildman–Crippen LogP) is 4.37. The first-order chi connectivity index (χ1) is 18.5. The summed E-state index contributed by atoms with van der Waals surface area (Å²) >= 11 is 4.64. The second kappa shape index (κ2) is 15.4. The van der Waals surface area contributed by atoms with Gasteiger partial charge in [-0.2, -0.15) is 0 Å². The molecule has 0 radical (unpaired) electrons. The van der Waals surface area contributed by atoms with Gasteiger partial charge in [-0.3, -0.25) is 14.4 Å². The Kier molecular flexibility index (Phi) is 13.6. The van der Waals surface area contributed by atoms with Gasteiger partial charge in [-0.15, -0.1) is 11.6 Å². The highest BCUT2D eigenvalue weighted by Crippen LogP contribution is 2.32. The standard InChI is InChI=1S/C29H44N2O7.CH3Cl/c1-27(2,3)17-23(32)37-21-12-11-19(16-22(21)38-24(33)18-28(4,5)6)15-20(25(34)36-7)31-26(35)29(30)13-9-8-10-14-29;1-2/h11-12,16,20H,8-10,13-15,17-18,30H2,1-7H3,(H,31,35);1H3/p+1. The molecule has 40 heavy (non-hydrogen) atoms. The van der Waals surface area contributed by atoms with Crippen LogP contribution in [0.15, 0.2) is 18.2 Å². The Bertz CT molecular complexity index is 1020. The summed E-state index contributed by atoms with van der Waals surface area (Å²) in [5.41, 5.74) is 3.38. The molecule has 2 rings (SSSR count). The summed E-state index contributed by atoms with van der Waals surface area (Å²) in [4.78, 5) is 50.8. The number of halogens is 1. The van der Waals surface area contributed by atoms with Crippen LogP contribution in [0, 0.1) is 10.8 Å². The van der Waals surface area contributed by atoms with Crippen LogP contribution < -0.4 is 20.5 Å². The number of hydrogen-bond acceptors (Lipinski definition) is 7. The molecule has 4 N–H and O–H groups in total. The lowest BCUT2D eigenvalue weighted by atomic mass is 9.81. The second-order valence-electron chi connectivity index (χ2n) is 12.8. The smallest absolute Gasteiger partial charge is 0.328 e. The molecule has 1 saturated carbocycles. The Morgan fingerprint density at radius 1 is 0.900 bits per heavy atom. The van der Waals surface area contributed by atoms with Crippen molar-refractivity contribution in [3.05, 3.63) is 23.8 Å². The number of esters is 3. The maximum Gasteiger partial charge on any atom is 0.328 e. The summed E-state index contributed by atoms with van der Waals surface area (Å²) in [6, 6.07) is 3.81. The molecule has 0 aliphatic heterocycles. The maximum atomic E-state index is 13.1. The van der Waals surface area contributed by atoms with Crippen molar-refractivity contribution < 1.29 is 39.1 Å². The molecule has 1 aromatic carbocycles. The Morgan fingerprint density at radius 2 is 1.40 bits per heavy atom. The van der Waals surface area contributed by atoms with E-state index in [9.17, 15) is 19.2 Å². The van der Waals surface area contributed by atoms with Gasteiger partial charge in [-0.05, 0) is 41.4 Å². The van der Waals surface area contributed by atoms with E-state index in [0.717, 1.165) is 19.3 Å². The number of amides is 1. The van der Waals surface area contributed by atoms with Crippen molar-refractivity contribution in [3.63, 3.8) is 0 Å². The summed E-state index contributed by atoms with van der Waals surface area (Å²) in [5, 5.41) is 2.82. The van der Waals surface area contributed by atoms with Crippen molar-refractivity contribution in [2.75, 3.05) is 13.5 Å². The van der Waals surface area contributed by atoms with Gasteiger partial charge < -0.3 is 25.3 Å². The molecule has 226 valence electrons. The first-order valence-corrected chi connectivity index (χ1v) is 14.4. The maximum absolute atomic E-state index is 13.1. The van der Waals surface area contributed by atoms with Gasteiger partial charge in [-0.1, -0.05) is 54.0 Å². The van der Waals surface area contributed by atoms with Gasteiger partial charge in [0, 0.05) is 25.6 Å². The van der Waals surface area contributed by atoms with E-state index in [1.807, 2.05) is 41.5 Å². The minimum absolute atomic E-state index is 0.0786. The third-order valence-electron chi connectivity index (χ3n) is 6.33. The number of carbonyl (C=O) groups is 4. The van der Waals surface area contributed by atoms with Crippen LogP contribution >= 0.6 is 11.6 Å². The van der Waals surface area contributed by atoms with E-state index in [4.69, 9.17) is 14.2 Å². The third kappa shape index (κ3) is 12.3. The molecular weight excluding hydrogens is 536 g/mol. The van der Waals surface area contributed by atoms with Crippen LogP contribution in [0.25, 0.3) is 0 Å². The average molecular weight is 584 g/mol. The normalized spacial score (nSPS) is 15.6. The van der Waals surface area contributed by atoms with Crippen molar-refractivity contribution >= 4 is 35.4 Å². The highest BCUT2D eigenvalue weighted by Gasteiger charge is 2.41. The summed E-state index contributed by atoms with van der Waals surface area (Å²) in [5.74, 6) is -1.61. The molecule has 10 heteroatoms. The van der Waals surface area contributed by atoms with Gasteiger partial charge in [0.05, 0.1) is 20.0 Å². The molecular formula is C30H48ClN2O7+. The van der Waals surface area contributed by atoms with Crippen molar-refractivity contribution in [2.45, 2.75) is 104 Å². The third-order valence-corrected chi connectivity index (χ3v) is 6.33. The average Bonchev–Trinajstić information content (AvgIpc) is 2.84. The number of ether oxygens (including phenoxy) is 3.